The molecule has 1 saturated heterocycles. The Morgan fingerprint density at radius 3 is 2.62 bits per heavy atom. The zero-order valence-electron chi connectivity index (χ0n) is 19.6. The number of hydrogen-bond acceptors (Lipinski definition) is 5. The van der Waals surface area contributed by atoms with Crippen molar-refractivity contribution in [1.82, 2.24) is 25.1 Å². The van der Waals surface area contributed by atoms with Gasteiger partial charge in [0.2, 0.25) is 11.8 Å². The minimum absolute atomic E-state index is 0.114. The molecule has 0 spiro atoms. The Morgan fingerprint density at radius 2 is 1.88 bits per heavy atom. The molecule has 34 heavy (non-hydrogen) atoms. The first kappa shape index (κ1) is 22.3. The lowest BCUT2D eigenvalue weighted by Gasteiger charge is -2.35. The normalized spacial score (nSPS) is 17.8. The highest BCUT2D eigenvalue weighted by molar-refractivity contribution is 6.10. The summed E-state index contributed by atoms with van der Waals surface area (Å²) < 4.78 is 0. The maximum Gasteiger partial charge on any atom is 0.249 e. The number of aromatic amines is 1. The summed E-state index contributed by atoms with van der Waals surface area (Å²) in [6, 6.07) is 11.8. The molecule has 2 N–H and O–H groups in total. The third-order valence-corrected chi connectivity index (χ3v) is 6.75. The Kier molecular flexibility index (Phi) is 6.17. The van der Waals surface area contributed by atoms with Gasteiger partial charge in [0.1, 0.15) is 5.65 Å². The van der Waals surface area contributed by atoms with Crippen molar-refractivity contribution < 1.29 is 9.59 Å². The predicted molar refractivity (Wildman–Crippen MR) is 133 cm³/mol. The van der Waals surface area contributed by atoms with Crippen LogP contribution in [0, 0.1) is 0 Å². The van der Waals surface area contributed by atoms with Gasteiger partial charge < -0.3 is 20.1 Å². The Bertz CT molecular complexity index is 1230. The van der Waals surface area contributed by atoms with E-state index >= 15 is 0 Å². The van der Waals surface area contributed by atoms with Gasteiger partial charge in [-0.2, -0.15) is 0 Å². The summed E-state index contributed by atoms with van der Waals surface area (Å²) in [6.45, 7) is 6.46. The van der Waals surface area contributed by atoms with E-state index in [-0.39, 0.29) is 24.4 Å². The van der Waals surface area contributed by atoms with E-state index in [0.29, 0.717) is 11.2 Å². The summed E-state index contributed by atoms with van der Waals surface area (Å²) in [6.07, 6.45) is 5.40. The number of anilines is 1. The number of likely N-dealkylation sites (N-methyl/N-ethyl adjacent to an activating group) is 1. The molecule has 5 rings (SSSR count). The zero-order valence-corrected chi connectivity index (χ0v) is 19.6. The van der Waals surface area contributed by atoms with Gasteiger partial charge in [-0.25, -0.2) is 4.98 Å². The summed E-state index contributed by atoms with van der Waals surface area (Å²) in [4.78, 5) is 40.1. The second kappa shape index (κ2) is 9.40. The summed E-state index contributed by atoms with van der Waals surface area (Å²) in [7, 11) is 2.14. The number of rotatable bonds is 5. The van der Waals surface area contributed by atoms with E-state index in [9.17, 15) is 9.59 Å². The van der Waals surface area contributed by atoms with Gasteiger partial charge in [-0.1, -0.05) is 30.3 Å². The molecule has 0 unspecified atom stereocenters. The molecule has 176 valence electrons. The SMILES string of the molecule is CC(=O)N1CC(C(=O)N[C@H](CN2CCN(C)CC2)c2ccccc2)=Cc2c[nH]c3nccc1c23. The van der Waals surface area contributed by atoms with E-state index in [0.717, 1.165) is 54.9 Å². The van der Waals surface area contributed by atoms with Crippen molar-refractivity contribution in [2.45, 2.75) is 13.0 Å². The monoisotopic (exact) mass is 458 g/mol. The Labute approximate surface area is 199 Å². The first-order valence-corrected chi connectivity index (χ1v) is 11.7. The number of carbonyl (C=O) groups excluding carboxylic acids is 2. The number of hydrogen-bond donors (Lipinski definition) is 2. The van der Waals surface area contributed by atoms with Crippen LogP contribution in [-0.4, -0.2) is 77.9 Å². The number of carbonyl (C=O) groups is 2. The average Bonchev–Trinajstić information content (AvgIpc) is 3.17. The topological polar surface area (TPSA) is 84.6 Å². The fourth-order valence-corrected chi connectivity index (χ4v) is 4.77. The molecule has 2 amide bonds. The van der Waals surface area contributed by atoms with Crippen LogP contribution >= 0.6 is 0 Å². The standard InChI is InChI=1S/C26H30N6O2/c1-18(33)32-16-21(14-20-15-28-25-24(20)23(32)8-9-27-25)26(34)29-22(19-6-4-3-5-7-19)17-31-12-10-30(2)11-13-31/h3-9,14-15,22H,10-13,16-17H2,1-2H3,(H,27,28)(H,29,34)/t22-/m1/s1. The zero-order chi connectivity index (χ0) is 23.7. The van der Waals surface area contributed by atoms with E-state index in [1.54, 1.807) is 11.1 Å². The Morgan fingerprint density at radius 1 is 1.12 bits per heavy atom. The minimum Gasteiger partial charge on any atom is -0.345 e. The molecule has 8 nitrogen and oxygen atoms in total. The molecule has 1 fully saturated rings. The first-order chi connectivity index (χ1) is 16.5. The Balaban J connectivity index is 1.43. The Hall–Kier alpha value is -3.49. The lowest BCUT2D eigenvalue weighted by atomic mass is 10.0. The molecule has 2 aromatic heterocycles. The fourth-order valence-electron chi connectivity index (χ4n) is 4.77. The highest BCUT2D eigenvalue weighted by atomic mass is 16.2. The predicted octanol–water partition coefficient (Wildman–Crippen LogP) is 2.42. The highest BCUT2D eigenvalue weighted by Crippen LogP contribution is 2.33. The quantitative estimate of drug-likeness (QED) is 0.614. The number of piperazine rings is 1. The van der Waals surface area contributed by atoms with Gasteiger partial charge in [-0.3, -0.25) is 14.5 Å². The average molecular weight is 459 g/mol. The number of nitrogens with zero attached hydrogens (tertiary/aromatic N) is 4. The number of pyridine rings is 1. The van der Waals surface area contributed by atoms with Gasteiger partial charge in [-0.05, 0) is 24.8 Å². The molecule has 4 heterocycles. The number of benzene rings is 1. The molecule has 0 radical (unpaired) electrons. The van der Waals surface area contributed by atoms with Gasteiger partial charge in [0.15, 0.2) is 0 Å². The van der Waals surface area contributed by atoms with Crippen molar-refractivity contribution in [1.29, 1.82) is 0 Å². The van der Waals surface area contributed by atoms with Gasteiger partial charge >= 0.3 is 0 Å². The lowest BCUT2D eigenvalue weighted by Crippen LogP contribution is -2.48. The number of amides is 2. The van der Waals surface area contributed by atoms with Gasteiger partial charge in [0.05, 0.1) is 18.3 Å². The van der Waals surface area contributed by atoms with Crippen LogP contribution in [0.5, 0.6) is 0 Å². The fraction of sp³-hybridized carbons (Fsp3) is 0.346. The van der Waals surface area contributed by atoms with Crippen LogP contribution < -0.4 is 10.2 Å². The van der Waals surface area contributed by atoms with Crippen LogP contribution in [0.25, 0.3) is 17.1 Å². The van der Waals surface area contributed by atoms with E-state index in [2.05, 4.69) is 44.3 Å². The summed E-state index contributed by atoms with van der Waals surface area (Å²) in [5, 5.41) is 4.13. The summed E-state index contributed by atoms with van der Waals surface area (Å²) in [5.41, 5.74) is 3.96. The van der Waals surface area contributed by atoms with Gasteiger partial charge in [-0.15, -0.1) is 0 Å². The van der Waals surface area contributed by atoms with Crippen LogP contribution in [0.15, 0.2) is 54.4 Å². The molecular formula is C26H30N6O2. The van der Waals surface area contributed by atoms with Crippen LogP contribution in [0.3, 0.4) is 0 Å². The number of H-pyrrole nitrogens is 1. The van der Waals surface area contributed by atoms with Crippen LogP contribution in [-0.2, 0) is 9.59 Å². The smallest absolute Gasteiger partial charge is 0.249 e. The maximum atomic E-state index is 13.6. The minimum atomic E-state index is -0.163. The number of aromatic nitrogens is 2. The van der Waals surface area contributed by atoms with Crippen LogP contribution in [0.1, 0.15) is 24.1 Å². The third kappa shape index (κ3) is 4.47. The van der Waals surface area contributed by atoms with Crippen molar-refractivity contribution >= 4 is 34.6 Å². The summed E-state index contributed by atoms with van der Waals surface area (Å²) >= 11 is 0. The van der Waals surface area contributed by atoms with Gasteiger partial charge in [0.25, 0.3) is 0 Å². The first-order valence-electron chi connectivity index (χ1n) is 11.7. The van der Waals surface area contributed by atoms with Crippen molar-refractivity contribution in [3.8, 4) is 0 Å². The molecule has 0 saturated carbocycles. The maximum absolute atomic E-state index is 13.6. The second-order valence-corrected chi connectivity index (χ2v) is 9.11. The number of nitrogens with one attached hydrogen (secondary N) is 2. The molecule has 1 atom stereocenters. The van der Waals surface area contributed by atoms with Crippen LogP contribution in [0.2, 0.25) is 0 Å². The van der Waals surface area contributed by atoms with E-state index in [4.69, 9.17) is 0 Å². The molecule has 2 aliphatic rings. The highest BCUT2D eigenvalue weighted by Gasteiger charge is 2.27. The third-order valence-electron chi connectivity index (χ3n) is 6.75. The molecular weight excluding hydrogens is 428 g/mol. The van der Waals surface area contributed by atoms with Crippen molar-refractivity contribution in [3.63, 3.8) is 0 Å². The van der Waals surface area contributed by atoms with E-state index < -0.39 is 0 Å². The van der Waals surface area contributed by atoms with Crippen LogP contribution in [0.4, 0.5) is 5.69 Å². The molecule has 0 aliphatic carbocycles. The second-order valence-electron chi connectivity index (χ2n) is 9.11. The molecule has 3 aromatic rings. The van der Waals surface area contributed by atoms with Crippen molar-refractivity contribution in [2.75, 3.05) is 51.2 Å². The van der Waals surface area contributed by atoms with Crippen molar-refractivity contribution in [3.05, 3.63) is 65.5 Å². The van der Waals surface area contributed by atoms with E-state index in [1.165, 1.54) is 6.92 Å². The molecule has 1 aromatic carbocycles. The van der Waals surface area contributed by atoms with Gasteiger partial charge in [0, 0.05) is 68.6 Å². The molecule has 8 heteroatoms. The largest absolute Gasteiger partial charge is 0.345 e. The van der Waals surface area contributed by atoms with Crippen molar-refractivity contribution in [2.24, 2.45) is 0 Å². The molecule has 2 aliphatic heterocycles. The molecule has 0 bridgehead atoms. The lowest BCUT2D eigenvalue weighted by molar-refractivity contribution is -0.118. The van der Waals surface area contributed by atoms with E-state index in [1.807, 2.05) is 36.5 Å². The summed E-state index contributed by atoms with van der Waals surface area (Å²) in [5.74, 6) is -0.276.